The number of carbonyl (C=O) groups excluding carboxylic acids is 2. The summed E-state index contributed by atoms with van der Waals surface area (Å²) in [5, 5.41) is 15.6. The maximum Gasteiger partial charge on any atom is 0.251 e. The first-order valence-electron chi connectivity index (χ1n) is 9.96. The van der Waals surface area contributed by atoms with Crippen molar-refractivity contribution >= 4 is 28.4 Å². The van der Waals surface area contributed by atoms with E-state index in [2.05, 4.69) is 15.6 Å². The molecule has 0 aliphatic carbocycles. The molecule has 32 heavy (non-hydrogen) atoms. The van der Waals surface area contributed by atoms with E-state index in [0.29, 0.717) is 11.3 Å². The summed E-state index contributed by atoms with van der Waals surface area (Å²) in [6.07, 6.45) is 2.05. The Morgan fingerprint density at radius 1 is 1.03 bits per heavy atom. The van der Waals surface area contributed by atoms with Gasteiger partial charge < -0.3 is 15.6 Å². The van der Waals surface area contributed by atoms with Crippen LogP contribution in [0.2, 0.25) is 0 Å². The first-order chi connectivity index (χ1) is 15.5. The van der Waals surface area contributed by atoms with E-state index >= 15 is 0 Å². The van der Waals surface area contributed by atoms with Crippen molar-refractivity contribution in [2.45, 2.75) is 12.5 Å². The number of anilines is 1. The fourth-order valence-electron chi connectivity index (χ4n) is 3.47. The van der Waals surface area contributed by atoms with Crippen molar-refractivity contribution in [3.8, 4) is 6.07 Å². The molecule has 3 N–H and O–H groups in total. The summed E-state index contributed by atoms with van der Waals surface area (Å²) in [6.45, 7) is 0. The normalized spacial score (nSPS) is 11.5. The predicted molar refractivity (Wildman–Crippen MR) is 119 cm³/mol. The van der Waals surface area contributed by atoms with Gasteiger partial charge in [0, 0.05) is 34.8 Å². The number of para-hydroxylation sites is 1. The number of rotatable bonds is 6. The number of benzene rings is 3. The molecular weight excluding hydrogens is 407 g/mol. The van der Waals surface area contributed by atoms with Gasteiger partial charge in [-0.15, -0.1) is 0 Å². The molecule has 4 rings (SSSR count). The molecule has 0 saturated carbocycles. The molecule has 0 aliphatic rings. The van der Waals surface area contributed by atoms with Crippen LogP contribution in [-0.2, 0) is 11.2 Å². The molecular formula is C25H19FN4O2. The minimum absolute atomic E-state index is 0.237. The molecule has 6 nitrogen and oxygen atoms in total. The number of nitrogens with zero attached hydrogens (tertiary/aromatic N) is 1. The van der Waals surface area contributed by atoms with E-state index in [-0.39, 0.29) is 12.0 Å². The molecule has 2 amide bonds. The molecule has 0 fully saturated rings. The van der Waals surface area contributed by atoms with E-state index in [1.165, 1.54) is 24.3 Å². The van der Waals surface area contributed by atoms with Crippen LogP contribution in [0.3, 0.4) is 0 Å². The number of carbonyl (C=O) groups is 2. The van der Waals surface area contributed by atoms with Gasteiger partial charge in [0.25, 0.3) is 5.91 Å². The van der Waals surface area contributed by atoms with Crippen molar-refractivity contribution in [3.05, 3.63) is 102 Å². The largest absolute Gasteiger partial charge is 0.361 e. The van der Waals surface area contributed by atoms with E-state index in [1.807, 2.05) is 36.5 Å². The molecule has 7 heteroatoms. The lowest BCUT2D eigenvalue weighted by Crippen LogP contribution is -2.45. The van der Waals surface area contributed by atoms with Gasteiger partial charge in [-0.25, -0.2) is 4.39 Å². The number of aromatic amines is 1. The zero-order chi connectivity index (χ0) is 22.5. The van der Waals surface area contributed by atoms with E-state index in [1.54, 1.807) is 24.3 Å². The highest BCUT2D eigenvalue weighted by Crippen LogP contribution is 2.20. The van der Waals surface area contributed by atoms with Crippen LogP contribution in [0.4, 0.5) is 10.1 Å². The second-order valence-corrected chi connectivity index (χ2v) is 7.28. The third kappa shape index (κ3) is 4.65. The summed E-state index contributed by atoms with van der Waals surface area (Å²) in [6, 6.07) is 20.4. The SMILES string of the molecule is N#Cc1cccc(NC(=O)[C@@H](Cc2c[nH]c3ccccc23)NC(=O)c2ccc(F)cc2)c1. The Hall–Kier alpha value is -4.44. The van der Waals surface area contributed by atoms with Gasteiger partial charge in [0.15, 0.2) is 0 Å². The quantitative estimate of drug-likeness (QED) is 0.432. The minimum atomic E-state index is -0.905. The predicted octanol–water partition coefficient (Wildman–Crippen LogP) is 4.16. The number of hydrogen-bond acceptors (Lipinski definition) is 3. The summed E-state index contributed by atoms with van der Waals surface area (Å²) in [5.74, 6) is -1.37. The molecule has 0 bridgehead atoms. The number of aromatic nitrogens is 1. The first-order valence-corrected chi connectivity index (χ1v) is 9.96. The van der Waals surface area contributed by atoms with Crippen LogP contribution in [0.1, 0.15) is 21.5 Å². The Bertz CT molecular complexity index is 1320. The van der Waals surface area contributed by atoms with Crippen LogP contribution in [-0.4, -0.2) is 22.8 Å². The van der Waals surface area contributed by atoms with Gasteiger partial charge in [0.05, 0.1) is 11.6 Å². The van der Waals surface area contributed by atoms with E-state index in [9.17, 15) is 14.0 Å². The van der Waals surface area contributed by atoms with E-state index < -0.39 is 23.7 Å². The van der Waals surface area contributed by atoms with Crippen molar-refractivity contribution in [2.75, 3.05) is 5.32 Å². The molecule has 1 atom stereocenters. The Morgan fingerprint density at radius 3 is 2.59 bits per heavy atom. The summed E-state index contributed by atoms with van der Waals surface area (Å²) in [7, 11) is 0. The summed E-state index contributed by atoms with van der Waals surface area (Å²) >= 11 is 0. The Balaban J connectivity index is 1.60. The minimum Gasteiger partial charge on any atom is -0.361 e. The fourth-order valence-corrected chi connectivity index (χ4v) is 3.47. The summed E-state index contributed by atoms with van der Waals surface area (Å²) < 4.78 is 13.2. The van der Waals surface area contributed by atoms with Crippen molar-refractivity contribution in [1.82, 2.24) is 10.3 Å². The van der Waals surface area contributed by atoms with Crippen LogP contribution in [0.5, 0.6) is 0 Å². The monoisotopic (exact) mass is 426 g/mol. The fraction of sp³-hybridized carbons (Fsp3) is 0.0800. The Kier molecular flexibility index (Phi) is 5.95. The van der Waals surface area contributed by atoms with Crippen LogP contribution in [0.15, 0.2) is 79.0 Å². The molecule has 1 aromatic heterocycles. The molecule has 158 valence electrons. The van der Waals surface area contributed by atoms with Gasteiger partial charge in [-0.2, -0.15) is 5.26 Å². The second kappa shape index (κ2) is 9.14. The molecule has 0 unspecified atom stereocenters. The van der Waals surface area contributed by atoms with Crippen LogP contribution < -0.4 is 10.6 Å². The van der Waals surface area contributed by atoms with Gasteiger partial charge in [-0.3, -0.25) is 9.59 Å². The highest BCUT2D eigenvalue weighted by Gasteiger charge is 2.23. The highest BCUT2D eigenvalue weighted by atomic mass is 19.1. The smallest absolute Gasteiger partial charge is 0.251 e. The molecule has 4 aromatic rings. The zero-order valence-corrected chi connectivity index (χ0v) is 16.9. The third-order valence-corrected chi connectivity index (χ3v) is 5.09. The first kappa shape index (κ1) is 20.8. The van der Waals surface area contributed by atoms with Gasteiger partial charge in [-0.1, -0.05) is 24.3 Å². The number of nitrogens with one attached hydrogen (secondary N) is 3. The molecule has 0 aliphatic heterocycles. The number of amides is 2. The average Bonchev–Trinajstić information content (AvgIpc) is 3.22. The van der Waals surface area contributed by atoms with Crippen LogP contribution in [0, 0.1) is 17.1 Å². The Labute approximate surface area is 183 Å². The second-order valence-electron chi connectivity index (χ2n) is 7.28. The Morgan fingerprint density at radius 2 is 1.81 bits per heavy atom. The molecule has 0 spiro atoms. The molecule has 1 heterocycles. The lowest BCUT2D eigenvalue weighted by molar-refractivity contribution is -0.118. The molecule has 0 saturated heterocycles. The van der Waals surface area contributed by atoms with Gasteiger partial charge in [0.1, 0.15) is 11.9 Å². The lowest BCUT2D eigenvalue weighted by atomic mass is 10.0. The number of H-pyrrole nitrogens is 1. The summed E-state index contributed by atoms with van der Waals surface area (Å²) in [5.41, 5.74) is 2.90. The van der Waals surface area contributed by atoms with Crippen molar-refractivity contribution in [2.24, 2.45) is 0 Å². The van der Waals surface area contributed by atoms with Crippen molar-refractivity contribution in [1.29, 1.82) is 5.26 Å². The number of nitriles is 1. The van der Waals surface area contributed by atoms with Gasteiger partial charge >= 0.3 is 0 Å². The topological polar surface area (TPSA) is 97.8 Å². The standard InChI is InChI=1S/C25H19FN4O2/c26-19-10-8-17(9-11-19)24(31)30-23(13-18-15-28-22-7-2-1-6-21(18)22)25(32)29-20-5-3-4-16(12-20)14-27/h1-12,15,23,28H,13H2,(H,29,32)(H,30,31)/t23-/m1/s1. The zero-order valence-electron chi connectivity index (χ0n) is 16.9. The van der Waals surface area contributed by atoms with E-state index in [0.717, 1.165) is 16.5 Å². The summed E-state index contributed by atoms with van der Waals surface area (Å²) in [4.78, 5) is 29.0. The van der Waals surface area contributed by atoms with Crippen LogP contribution in [0.25, 0.3) is 10.9 Å². The van der Waals surface area contributed by atoms with Gasteiger partial charge in [0.2, 0.25) is 5.91 Å². The van der Waals surface area contributed by atoms with Crippen molar-refractivity contribution in [3.63, 3.8) is 0 Å². The lowest BCUT2D eigenvalue weighted by Gasteiger charge is -2.19. The highest BCUT2D eigenvalue weighted by molar-refractivity contribution is 6.01. The number of hydrogen-bond donors (Lipinski definition) is 3. The number of halogens is 1. The third-order valence-electron chi connectivity index (χ3n) is 5.09. The maximum atomic E-state index is 13.2. The van der Waals surface area contributed by atoms with Crippen molar-refractivity contribution < 1.29 is 14.0 Å². The van der Waals surface area contributed by atoms with Crippen LogP contribution >= 0.6 is 0 Å². The van der Waals surface area contributed by atoms with Gasteiger partial charge in [-0.05, 0) is 54.1 Å². The average molecular weight is 426 g/mol. The maximum absolute atomic E-state index is 13.2. The van der Waals surface area contributed by atoms with E-state index in [4.69, 9.17) is 5.26 Å². The molecule has 0 radical (unpaired) electrons. The molecule has 3 aromatic carbocycles. The number of fused-ring (bicyclic) bond motifs is 1.